The molecular formula is C17H22N4O2. The van der Waals surface area contributed by atoms with Crippen LogP contribution in [0.25, 0.3) is 0 Å². The van der Waals surface area contributed by atoms with Crippen molar-refractivity contribution >= 4 is 17.5 Å². The van der Waals surface area contributed by atoms with Crippen molar-refractivity contribution in [3.63, 3.8) is 0 Å². The molecular weight excluding hydrogens is 292 g/mol. The summed E-state index contributed by atoms with van der Waals surface area (Å²) in [5.41, 5.74) is 1.81. The Balaban J connectivity index is 1.76. The van der Waals surface area contributed by atoms with Crippen LogP contribution in [0.15, 0.2) is 24.3 Å². The molecule has 2 N–H and O–H groups in total. The van der Waals surface area contributed by atoms with Gasteiger partial charge >= 0.3 is 0 Å². The summed E-state index contributed by atoms with van der Waals surface area (Å²) < 4.78 is 11.1. The zero-order valence-electron chi connectivity index (χ0n) is 13.7. The van der Waals surface area contributed by atoms with Crippen LogP contribution in [0.1, 0.15) is 19.5 Å². The smallest absolute Gasteiger partial charge is 0.224 e. The molecule has 0 fully saturated rings. The number of fused-ring (bicyclic) bond motifs is 1. The molecule has 0 radical (unpaired) electrons. The van der Waals surface area contributed by atoms with Crippen LogP contribution in [0.4, 0.5) is 17.5 Å². The first kappa shape index (κ1) is 15.4. The molecule has 0 unspecified atom stereocenters. The highest BCUT2D eigenvalue weighted by Gasteiger charge is 2.12. The molecule has 122 valence electrons. The van der Waals surface area contributed by atoms with Gasteiger partial charge in [0.05, 0.1) is 0 Å². The number of nitrogens with zero attached hydrogens (tertiary/aromatic N) is 2. The number of anilines is 3. The van der Waals surface area contributed by atoms with Crippen LogP contribution in [-0.4, -0.2) is 29.7 Å². The van der Waals surface area contributed by atoms with Gasteiger partial charge in [0.15, 0.2) is 11.5 Å². The molecule has 0 saturated carbocycles. The van der Waals surface area contributed by atoms with Crippen molar-refractivity contribution in [1.82, 2.24) is 9.97 Å². The van der Waals surface area contributed by atoms with Crippen LogP contribution in [0.5, 0.6) is 11.5 Å². The van der Waals surface area contributed by atoms with Gasteiger partial charge in [-0.05, 0) is 25.0 Å². The summed E-state index contributed by atoms with van der Waals surface area (Å²) in [7, 11) is 0. The third-order valence-electron chi connectivity index (χ3n) is 3.34. The molecule has 1 aromatic carbocycles. The lowest BCUT2D eigenvalue weighted by molar-refractivity contribution is 0.171. The standard InChI is InChI=1S/C17H22N4O2/c1-11(2)10-18-17-19-12(3)8-16(21-17)20-13-4-5-14-15(9-13)23-7-6-22-14/h4-5,8-9,11H,6-7,10H2,1-3H3,(H2,18,19,20,21). The van der Waals surface area contributed by atoms with E-state index in [4.69, 9.17) is 9.47 Å². The minimum absolute atomic E-state index is 0.535. The highest BCUT2D eigenvalue weighted by Crippen LogP contribution is 2.33. The van der Waals surface area contributed by atoms with Crippen molar-refractivity contribution in [1.29, 1.82) is 0 Å². The van der Waals surface area contributed by atoms with E-state index in [1.54, 1.807) is 0 Å². The third-order valence-corrected chi connectivity index (χ3v) is 3.34. The summed E-state index contributed by atoms with van der Waals surface area (Å²) in [6.45, 7) is 8.26. The topological polar surface area (TPSA) is 68.3 Å². The van der Waals surface area contributed by atoms with Gasteiger partial charge in [-0.2, -0.15) is 4.98 Å². The lowest BCUT2D eigenvalue weighted by atomic mass is 10.2. The van der Waals surface area contributed by atoms with E-state index in [0.717, 1.165) is 35.2 Å². The van der Waals surface area contributed by atoms with Gasteiger partial charge in [-0.25, -0.2) is 4.98 Å². The van der Waals surface area contributed by atoms with Gasteiger partial charge in [-0.3, -0.25) is 0 Å². The van der Waals surface area contributed by atoms with E-state index in [9.17, 15) is 0 Å². The first-order valence-corrected chi connectivity index (χ1v) is 7.86. The maximum absolute atomic E-state index is 5.60. The second kappa shape index (κ2) is 6.73. The quantitative estimate of drug-likeness (QED) is 0.882. The number of aryl methyl sites for hydroxylation is 1. The summed E-state index contributed by atoms with van der Waals surface area (Å²) in [5, 5.41) is 6.55. The summed E-state index contributed by atoms with van der Waals surface area (Å²) in [5.74, 6) is 3.46. The van der Waals surface area contributed by atoms with Crippen molar-refractivity contribution in [3.05, 3.63) is 30.0 Å². The summed E-state index contributed by atoms with van der Waals surface area (Å²) in [6, 6.07) is 7.69. The van der Waals surface area contributed by atoms with Crippen LogP contribution >= 0.6 is 0 Å². The Bertz CT molecular complexity index is 688. The SMILES string of the molecule is Cc1cc(Nc2ccc3c(c2)OCCO3)nc(NCC(C)C)n1. The zero-order valence-corrected chi connectivity index (χ0v) is 13.7. The minimum Gasteiger partial charge on any atom is -0.486 e. The Morgan fingerprint density at radius 2 is 1.87 bits per heavy atom. The number of aromatic nitrogens is 2. The number of rotatable bonds is 5. The molecule has 1 aliphatic rings. The van der Waals surface area contributed by atoms with Crippen LogP contribution in [-0.2, 0) is 0 Å². The third kappa shape index (κ3) is 4.03. The largest absolute Gasteiger partial charge is 0.486 e. The van der Waals surface area contributed by atoms with Crippen molar-refractivity contribution in [2.24, 2.45) is 5.92 Å². The van der Waals surface area contributed by atoms with Crippen molar-refractivity contribution in [3.8, 4) is 11.5 Å². The number of benzene rings is 1. The molecule has 0 spiro atoms. The number of nitrogens with one attached hydrogen (secondary N) is 2. The molecule has 3 rings (SSSR count). The lowest BCUT2D eigenvalue weighted by Gasteiger charge is -2.19. The summed E-state index contributed by atoms with van der Waals surface area (Å²) in [6.07, 6.45) is 0. The van der Waals surface area contributed by atoms with E-state index in [2.05, 4.69) is 34.4 Å². The van der Waals surface area contributed by atoms with Crippen LogP contribution in [0, 0.1) is 12.8 Å². The summed E-state index contributed by atoms with van der Waals surface area (Å²) in [4.78, 5) is 8.92. The van der Waals surface area contributed by atoms with Gasteiger partial charge in [0.1, 0.15) is 19.0 Å². The normalized spacial score (nSPS) is 13.0. The van der Waals surface area contributed by atoms with Gasteiger partial charge in [0.2, 0.25) is 5.95 Å². The number of hydrogen-bond acceptors (Lipinski definition) is 6. The zero-order chi connectivity index (χ0) is 16.2. The van der Waals surface area contributed by atoms with E-state index < -0.39 is 0 Å². The first-order chi connectivity index (χ1) is 11.1. The van der Waals surface area contributed by atoms with E-state index in [1.807, 2.05) is 31.2 Å². The molecule has 0 saturated heterocycles. The first-order valence-electron chi connectivity index (χ1n) is 7.86. The fourth-order valence-electron chi connectivity index (χ4n) is 2.28. The van der Waals surface area contributed by atoms with Crippen LogP contribution in [0.3, 0.4) is 0 Å². The van der Waals surface area contributed by atoms with Crippen molar-refractivity contribution in [2.45, 2.75) is 20.8 Å². The van der Waals surface area contributed by atoms with Gasteiger partial charge in [-0.1, -0.05) is 13.8 Å². The molecule has 0 amide bonds. The lowest BCUT2D eigenvalue weighted by Crippen LogP contribution is -2.15. The molecule has 0 bridgehead atoms. The molecule has 1 aliphatic heterocycles. The monoisotopic (exact) mass is 314 g/mol. The highest BCUT2D eigenvalue weighted by atomic mass is 16.6. The van der Waals surface area contributed by atoms with Crippen LogP contribution < -0.4 is 20.1 Å². The minimum atomic E-state index is 0.535. The summed E-state index contributed by atoms with van der Waals surface area (Å²) >= 11 is 0. The van der Waals surface area contributed by atoms with Gasteiger partial charge in [0, 0.05) is 30.1 Å². The second-order valence-electron chi connectivity index (χ2n) is 5.98. The average Bonchev–Trinajstić information content (AvgIpc) is 2.52. The van der Waals surface area contributed by atoms with Crippen LogP contribution in [0.2, 0.25) is 0 Å². The predicted molar refractivity (Wildman–Crippen MR) is 90.8 cm³/mol. The Morgan fingerprint density at radius 1 is 1.09 bits per heavy atom. The maximum Gasteiger partial charge on any atom is 0.224 e. The fraction of sp³-hybridized carbons (Fsp3) is 0.412. The van der Waals surface area contributed by atoms with E-state index in [-0.39, 0.29) is 0 Å². The Morgan fingerprint density at radius 3 is 2.65 bits per heavy atom. The molecule has 23 heavy (non-hydrogen) atoms. The molecule has 2 heterocycles. The van der Waals surface area contributed by atoms with Crippen molar-refractivity contribution in [2.75, 3.05) is 30.4 Å². The number of ether oxygens (including phenoxy) is 2. The van der Waals surface area contributed by atoms with Gasteiger partial charge < -0.3 is 20.1 Å². The predicted octanol–water partition coefficient (Wildman–Crippen LogP) is 3.37. The molecule has 6 heteroatoms. The number of hydrogen-bond donors (Lipinski definition) is 2. The Labute approximate surface area is 136 Å². The molecule has 1 aromatic heterocycles. The average molecular weight is 314 g/mol. The van der Waals surface area contributed by atoms with E-state index >= 15 is 0 Å². The van der Waals surface area contributed by atoms with E-state index in [0.29, 0.717) is 25.1 Å². The van der Waals surface area contributed by atoms with Gasteiger partial charge in [-0.15, -0.1) is 0 Å². The Kier molecular flexibility index (Phi) is 4.50. The fourth-order valence-corrected chi connectivity index (χ4v) is 2.28. The highest BCUT2D eigenvalue weighted by molar-refractivity contribution is 5.62. The van der Waals surface area contributed by atoms with Gasteiger partial charge in [0.25, 0.3) is 0 Å². The van der Waals surface area contributed by atoms with Crippen molar-refractivity contribution < 1.29 is 9.47 Å². The molecule has 0 atom stereocenters. The molecule has 6 nitrogen and oxygen atoms in total. The molecule has 0 aliphatic carbocycles. The molecule has 2 aromatic rings. The van der Waals surface area contributed by atoms with E-state index in [1.165, 1.54) is 0 Å². The Hall–Kier alpha value is -2.50. The maximum atomic E-state index is 5.60. The second-order valence-corrected chi connectivity index (χ2v) is 5.98.